The Bertz CT molecular complexity index is 290. The van der Waals surface area contributed by atoms with E-state index >= 15 is 0 Å². The lowest BCUT2D eigenvalue weighted by Gasteiger charge is -2.00. The van der Waals surface area contributed by atoms with Crippen molar-refractivity contribution in [2.45, 2.75) is 13.3 Å². The maximum atomic E-state index is 11.2. The number of rotatable bonds is 4. The number of ketones is 1. The van der Waals surface area contributed by atoms with Crippen LogP contribution in [0.15, 0.2) is 18.3 Å². The number of aromatic nitrogens is 1. The minimum absolute atomic E-state index is 0.187. The summed E-state index contributed by atoms with van der Waals surface area (Å²) in [6.45, 7) is 1.49. The summed E-state index contributed by atoms with van der Waals surface area (Å²) in [6.07, 6.45) is 1.94. The molecule has 13 heavy (non-hydrogen) atoms. The summed E-state index contributed by atoms with van der Waals surface area (Å²) in [4.78, 5) is 24.7. The Kier molecular flexibility index (Phi) is 3.25. The van der Waals surface area contributed by atoms with Gasteiger partial charge in [-0.15, -0.1) is 0 Å². The Morgan fingerprint density at radius 1 is 1.54 bits per heavy atom. The first-order valence-electron chi connectivity index (χ1n) is 4.06. The second-order valence-electron chi connectivity index (χ2n) is 2.52. The minimum Gasteiger partial charge on any atom is -0.457 e. The maximum absolute atomic E-state index is 11.2. The van der Waals surface area contributed by atoms with Crippen molar-refractivity contribution in [1.82, 2.24) is 4.98 Å². The maximum Gasteiger partial charge on any atom is 0.305 e. The van der Waals surface area contributed by atoms with Crippen molar-refractivity contribution in [2.24, 2.45) is 0 Å². The molecular weight excluding hydrogens is 170 g/mol. The summed E-state index contributed by atoms with van der Waals surface area (Å²) >= 11 is 0. The van der Waals surface area contributed by atoms with Gasteiger partial charge in [0.15, 0.2) is 6.61 Å². The lowest BCUT2D eigenvalue weighted by atomic mass is 10.3. The van der Waals surface area contributed by atoms with Crippen LogP contribution >= 0.6 is 0 Å². The van der Waals surface area contributed by atoms with Crippen LogP contribution in [-0.4, -0.2) is 23.3 Å². The molecule has 0 bridgehead atoms. The first kappa shape index (κ1) is 9.51. The molecule has 0 aliphatic rings. The molecule has 0 aromatic carbocycles. The fourth-order valence-electron chi connectivity index (χ4n) is 0.830. The van der Waals surface area contributed by atoms with E-state index in [4.69, 9.17) is 0 Å². The number of Topliss-reactive ketones (excluding diaryl/α,β-unsaturated/α-hetero) is 1. The number of hydrogen-bond acceptors (Lipinski definition) is 3. The molecule has 1 aromatic rings. The van der Waals surface area contributed by atoms with Gasteiger partial charge in [0.25, 0.3) is 0 Å². The Labute approximate surface area is 75.9 Å². The zero-order valence-electron chi connectivity index (χ0n) is 7.37. The molecule has 0 amide bonds. The molecule has 0 unspecified atom stereocenters. The fourth-order valence-corrected chi connectivity index (χ4v) is 0.830. The number of nitrogens with one attached hydrogen (secondary N) is 1. The predicted octanol–water partition coefficient (Wildman–Crippen LogP) is 1.15. The largest absolute Gasteiger partial charge is 0.457 e. The van der Waals surface area contributed by atoms with Crippen molar-refractivity contribution in [3.63, 3.8) is 0 Å². The minimum atomic E-state index is -0.361. The van der Waals surface area contributed by atoms with Crippen LogP contribution in [0.1, 0.15) is 23.8 Å². The molecule has 0 saturated heterocycles. The van der Waals surface area contributed by atoms with Gasteiger partial charge in [-0.05, 0) is 12.1 Å². The van der Waals surface area contributed by atoms with Crippen LogP contribution in [-0.2, 0) is 9.53 Å². The summed E-state index contributed by atoms with van der Waals surface area (Å²) in [5, 5.41) is 0. The van der Waals surface area contributed by atoms with Crippen LogP contribution in [0.2, 0.25) is 0 Å². The highest BCUT2D eigenvalue weighted by Crippen LogP contribution is 1.97. The molecule has 4 nitrogen and oxygen atoms in total. The van der Waals surface area contributed by atoms with Crippen molar-refractivity contribution in [3.8, 4) is 0 Å². The normalized spacial score (nSPS) is 9.62. The number of hydrogen-bond donors (Lipinski definition) is 1. The van der Waals surface area contributed by atoms with E-state index in [0.29, 0.717) is 5.69 Å². The lowest BCUT2D eigenvalue weighted by Crippen LogP contribution is -2.13. The molecule has 1 heterocycles. The number of ether oxygens (including phenoxy) is 1. The number of esters is 1. The smallest absolute Gasteiger partial charge is 0.305 e. The van der Waals surface area contributed by atoms with Gasteiger partial charge in [0.1, 0.15) is 0 Å². The van der Waals surface area contributed by atoms with E-state index in [2.05, 4.69) is 9.72 Å². The van der Waals surface area contributed by atoms with E-state index in [-0.39, 0.29) is 24.8 Å². The molecular formula is C9H11NO3. The van der Waals surface area contributed by atoms with Crippen molar-refractivity contribution in [3.05, 3.63) is 24.0 Å². The lowest BCUT2D eigenvalue weighted by molar-refractivity contribution is -0.142. The van der Waals surface area contributed by atoms with Crippen molar-refractivity contribution in [2.75, 3.05) is 6.61 Å². The molecule has 0 aliphatic heterocycles. The second kappa shape index (κ2) is 4.45. The molecule has 0 atom stereocenters. The average molecular weight is 181 g/mol. The molecule has 0 saturated carbocycles. The quantitative estimate of drug-likeness (QED) is 0.560. The van der Waals surface area contributed by atoms with Gasteiger partial charge < -0.3 is 9.72 Å². The van der Waals surface area contributed by atoms with Crippen molar-refractivity contribution >= 4 is 11.8 Å². The first-order chi connectivity index (χ1) is 6.24. The summed E-state index contributed by atoms with van der Waals surface area (Å²) in [7, 11) is 0. The summed E-state index contributed by atoms with van der Waals surface area (Å²) in [5.74, 6) is -0.577. The second-order valence-corrected chi connectivity index (χ2v) is 2.52. The van der Waals surface area contributed by atoms with Crippen LogP contribution in [0.3, 0.4) is 0 Å². The third-order valence-electron chi connectivity index (χ3n) is 1.55. The van der Waals surface area contributed by atoms with Gasteiger partial charge in [-0.25, -0.2) is 0 Å². The van der Waals surface area contributed by atoms with Crippen molar-refractivity contribution < 1.29 is 14.3 Å². The van der Waals surface area contributed by atoms with Gasteiger partial charge in [0.05, 0.1) is 5.69 Å². The van der Waals surface area contributed by atoms with Gasteiger partial charge in [-0.1, -0.05) is 6.92 Å². The SMILES string of the molecule is CCC(=O)OCC(=O)c1ccc[nH]1. The van der Waals surface area contributed by atoms with Crippen LogP contribution in [0.4, 0.5) is 0 Å². The molecule has 0 aliphatic carbocycles. The van der Waals surface area contributed by atoms with Crippen LogP contribution < -0.4 is 0 Å². The molecule has 0 fully saturated rings. The summed E-state index contributed by atoms with van der Waals surface area (Å²) < 4.78 is 4.67. The van der Waals surface area contributed by atoms with E-state index in [9.17, 15) is 9.59 Å². The Balaban J connectivity index is 2.39. The van der Waals surface area contributed by atoms with Gasteiger partial charge in [0, 0.05) is 12.6 Å². The standard InChI is InChI=1S/C9H11NO3/c1-2-9(12)13-6-8(11)7-4-3-5-10-7/h3-5,10H,2,6H2,1H3. The molecule has 0 radical (unpaired) electrons. The molecule has 1 aromatic heterocycles. The Morgan fingerprint density at radius 3 is 2.85 bits per heavy atom. The van der Waals surface area contributed by atoms with Gasteiger partial charge in [0.2, 0.25) is 5.78 Å². The van der Waals surface area contributed by atoms with Crippen molar-refractivity contribution in [1.29, 1.82) is 0 Å². The zero-order chi connectivity index (χ0) is 9.68. The van der Waals surface area contributed by atoms with Gasteiger partial charge >= 0.3 is 5.97 Å². The highest BCUT2D eigenvalue weighted by Gasteiger charge is 2.08. The van der Waals surface area contributed by atoms with Crippen LogP contribution in [0.25, 0.3) is 0 Å². The monoisotopic (exact) mass is 181 g/mol. The topological polar surface area (TPSA) is 59.2 Å². The van der Waals surface area contributed by atoms with E-state index in [1.807, 2.05) is 0 Å². The number of carbonyl (C=O) groups is 2. The molecule has 70 valence electrons. The molecule has 0 spiro atoms. The summed E-state index contributed by atoms with van der Waals surface area (Å²) in [6, 6.07) is 3.36. The van der Waals surface area contributed by atoms with E-state index < -0.39 is 0 Å². The van der Waals surface area contributed by atoms with Gasteiger partial charge in [-0.3, -0.25) is 9.59 Å². The Hall–Kier alpha value is -1.58. The Morgan fingerprint density at radius 2 is 2.31 bits per heavy atom. The first-order valence-corrected chi connectivity index (χ1v) is 4.06. The predicted molar refractivity (Wildman–Crippen MR) is 46.4 cm³/mol. The fraction of sp³-hybridized carbons (Fsp3) is 0.333. The number of carbonyl (C=O) groups excluding carboxylic acids is 2. The van der Waals surface area contributed by atoms with Gasteiger partial charge in [-0.2, -0.15) is 0 Å². The van der Waals surface area contributed by atoms with Crippen LogP contribution in [0.5, 0.6) is 0 Å². The van der Waals surface area contributed by atoms with E-state index in [1.54, 1.807) is 25.3 Å². The molecule has 4 heteroatoms. The van der Waals surface area contributed by atoms with Crippen LogP contribution in [0, 0.1) is 0 Å². The third-order valence-corrected chi connectivity index (χ3v) is 1.55. The third kappa shape index (κ3) is 2.74. The van der Waals surface area contributed by atoms with E-state index in [0.717, 1.165) is 0 Å². The summed E-state index contributed by atoms with van der Waals surface area (Å²) in [5.41, 5.74) is 0.462. The molecule has 1 rings (SSSR count). The molecule has 1 N–H and O–H groups in total. The zero-order valence-corrected chi connectivity index (χ0v) is 7.37. The number of H-pyrrole nitrogens is 1. The highest BCUT2D eigenvalue weighted by molar-refractivity contribution is 5.96. The number of aromatic amines is 1. The van der Waals surface area contributed by atoms with E-state index in [1.165, 1.54) is 0 Å². The average Bonchev–Trinajstić information content (AvgIpc) is 2.66. The highest BCUT2D eigenvalue weighted by atomic mass is 16.5.